The molecule has 146 valence electrons. The van der Waals surface area contributed by atoms with Gasteiger partial charge in [0.1, 0.15) is 0 Å². The standard InChI is InChI=1S/C20H31N3O2.ClH/c1-2-3-4-17-5-7-18(8-6-17)19(24)9-10-20(25)22-13-16-23-14-11-21-12-15-23;/h5-8,21H,2-4,9-16H2,1H3,(H,22,25);1H. The molecule has 26 heavy (non-hydrogen) atoms. The molecule has 1 fully saturated rings. The Morgan fingerprint density at radius 3 is 2.46 bits per heavy atom. The monoisotopic (exact) mass is 381 g/mol. The van der Waals surface area contributed by atoms with Crippen LogP contribution in [0.25, 0.3) is 0 Å². The predicted molar refractivity (Wildman–Crippen MR) is 108 cm³/mol. The van der Waals surface area contributed by atoms with Crippen LogP contribution < -0.4 is 10.6 Å². The van der Waals surface area contributed by atoms with Gasteiger partial charge in [-0.2, -0.15) is 0 Å². The van der Waals surface area contributed by atoms with E-state index < -0.39 is 0 Å². The second-order valence-electron chi connectivity index (χ2n) is 6.67. The number of Topliss-reactive ketones (excluding diaryl/α,β-unsaturated/α-hetero) is 1. The number of carbonyl (C=O) groups excluding carboxylic acids is 2. The van der Waals surface area contributed by atoms with Crippen LogP contribution in [-0.4, -0.2) is 55.9 Å². The summed E-state index contributed by atoms with van der Waals surface area (Å²) in [5.41, 5.74) is 1.97. The summed E-state index contributed by atoms with van der Waals surface area (Å²) >= 11 is 0. The van der Waals surface area contributed by atoms with Crippen LogP contribution >= 0.6 is 12.4 Å². The Kier molecular flexibility index (Phi) is 11.2. The average molecular weight is 382 g/mol. The van der Waals surface area contributed by atoms with E-state index >= 15 is 0 Å². The fourth-order valence-electron chi connectivity index (χ4n) is 2.99. The van der Waals surface area contributed by atoms with Crippen molar-refractivity contribution < 1.29 is 9.59 Å². The molecule has 0 aromatic heterocycles. The Morgan fingerprint density at radius 2 is 1.81 bits per heavy atom. The van der Waals surface area contributed by atoms with Gasteiger partial charge in [0.25, 0.3) is 0 Å². The second kappa shape index (κ2) is 12.8. The molecule has 0 atom stereocenters. The number of ketones is 1. The minimum atomic E-state index is -0.0388. The van der Waals surface area contributed by atoms with Crippen LogP contribution in [0.2, 0.25) is 0 Å². The summed E-state index contributed by atoms with van der Waals surface area (Å²) in [5, 5.41) is 6.22. The normalized spacial score (nSPS) is 14.5. The van der Waals surface area contributed by atoms with Gasteiger partial charge in [0.15, 0.2) is 5.78 Å². The third-order valence-electron chi connectivity index (χ3n) is 4.63. The van der Waals surface area contributed by atoms with Crippen molar-refractivity contribution in [2.24, 2.45) is 0 Å². The Morgan fingerprint density at radius 1 is 1.12 bits per heavy atom. The lowest BCUT2D eigenvalue weighted by Gasteiger charge is -2.27. The number of nitrogens with zero attached hydrogens (tertiary/aromatic N) is 1. The number of aryl methyl sites for hydroxylation is 1. The van der Waals surface area contributed by atoms with E-state index in [4.69, 9.17) is 0 Å². The molecular weight excluding hydrogens is 350 g/mol. The molecule has 1 aliphatic heterocycles. The van der Waals surface area contributed by atoms with E-state index in [9.17, 15) is 9.59 Å². The lowest BCUT2D eigenvalue weighted by atomic mass is 10.0. The first-order valence-electron chi connectivity index (χ1n) is 9.51. The number of hydrogen-bond acceptors (Lipinski definition) is 4. The quantitative estimate of drug-likeness (QED) is 0.611. The highest BCUT2D eigenvalue weighted by Crippen LogP contribution is 2.10. The lowest BCUT2D eigenvalue weighted by molar-refractivity contribution is -0.121. The van der Waals surface area contributed by atoms with Crippen LogP contribution in [0.1, 0.15) is 48.5 Å². The van der Waals surface area contributed by atoms with Crippen molar-refractivity contribution in [2.45, 2.75) is 39.0 Å². The SMILES string of the molecule is CCCCc1ccc(C(=O)CCC(=O)NCCN2CCNCC2)cc1.Cl. The Bertz CT molecular complexity index is 542. The summed E-state index contributed by atoms with van der Waals surface area (Å²) in [7, 11) is 0. The van der Waals surface area contributed by atoms with Gasteiger partial charge < -0.3 is 10.6 Å². The number of unbranched alkanes of at least 4 members (excludes halogenated alkanes) is 1. The summed E-state index contributed by atoms with van der Waals surface area (Å²) < 4.78 is 0. The first-order valence-corrected chi connectivity index (χ1v) is 9.51. The molecule has 2 N–H and O–H groups in total. The zero-order valence-electron chi connectivity index (χ0n) is 15.8. The van der Waals surface area contributed by atoms with Crippen LogP contribution in [-0.2, 0) is 11.2 Å². The molecule has 0 aliphatic carbocycles. The van der Waals surface area contributed by atoms with E-state index in [2.05, 4.69) is 22.5 Å². The van der Waals surface area contributed by atoms with E-state index in [1.54, 1.807) is 0 Å². The molecule has 0 saturated carbocycles. The molecule has 0 bridgehead atoms. The smallest absolute Gasteiger partial charge is 0.220 e. The summed E-state index contributed by atoms with van der Waals surface area (Å²) in [6.45, 7) is 7.79. The van der Waals surface area contributed by atoms with Gasteiger partial charge >= 0.3 is 0 Å². The van der Waals surface area contributed by atoms with Crippen molar-refractivity contribution in [3.8, 4) is 0 Å². The highest BCUT2D eigenvalue weighted by molar-refractivity contribution is 5.97. The van der Waals surface area contributed by atoms with Crippen molar-refractivity contribution in [1.82, 2.24) is 15.5 Å². The Balaban J connectivity index is 0.00000338. The van der Waals surface area contributed by atoms with Gasteiger partial charge in [-0.05, 0) is 18.4 Å². The molecule has 0 radical (unpaired) electrons. The summed E-state index contributed by atoms with van der Waals surface area (Å²) in [5.74, 6) is 0.00217. The van der Waals surface area contributed by atoms with Crippen LogP contribution in [0, 0.1) is 0 Å². The molecule has 1 heterocycles. The third kappa shape index (κ3) is 8.30. The largest absolute Gasteiger partial charge is 0.355 e. The molecule has 1 aromatic carbocycles. The first-order chi connectivity index (χ1) is 12.2. The van der Waals surface area contributed by atoms with Gasteiger partial charge in [0.05, 0.1) is 0 Å². The van der Waals surface area contributed by atoms with Gasteiger partial charge in [-0.15, -0.1) is 12.4 Å². The molecule has 2 rings (SSSR count). The molecule has 6 heteroatoms. The lowest BCUT2D eigenvalue weighted by Crippen LogP contribution is -2.46. The number of halogens is 1. The second-order valence-corrected chi connectivity index (χ2v) is 6.67. The highest BCUT2D eigenvalue weighted by Gasteiger charge is 2.11. The van der Waals surface area contributed by atoms with Crippen LogP contribution in [0.4, 0.5) is 0 Å². The minimum Gasteiger partial charge on any atom is -0.355 e. The van der Waals surface area contributed by atoms with E-state index in [0.29, 0.717) is 12.1 Å². The maximum Gasteiger partial charge on any atom is 0.220 e. The molecule has 0 unspecified atom stereocenters. The zero-order valence-corrected chi connectivity index (χ0v) is 16.6. The fourth-order valence-corrected chi connectivity index (χ4v) is 2.99. The fraction of sp³-hybridized carbons (Fsp3) is 0.600. The number of amides is 1. The first kappa shape index (κ1) is 22.6. The van der Waals surface area contributed by atoms with Crippen LogP contribution in [0.3, 0.4) is 0 Å². The van der Waals surface area contributed by atoms with Crippen molar-refractivity contribution in [3.63, 3.8) is 0 Å². The Hall–Kier alpha value is -1.43. The molecule has 1 amide bonds. The maximum atomic E-state index is 12.2. The van der Waals surface area contributed by atoms with Crippen molar-refractivity contribution in [3.05, 3.63) is 35.4 Å². The zero-order chi connectivity index (χ0) is 17.9. The van der Waals surface area contributed by atoms with Gasteiger partial charge in [0, 0.05) is 57.7 Å². The highest BCUT2D eigenvalue weighted by atomic mass is 35.5. The van der Waals surface area contributed by atoms with Gasteiger partial charge in [-0.25, -0.2) is 0 Å². The third-order valence-corrected chi connectivity index (χ3v) is 4.63. The van der Waals surface area contributed by atoms with Gasteiger partial charge in [0.2, 0.25) is 5.91 Å². The number of hydrogen-bond donors (Lipinski definition) is 2. The number of nitrogens with one attached hydrogen (secondary N) is 2. The topological polar surface area (TPSA) is 61.4 Å². The number of carbonyl (C=O) groups is 2. The maximum absolute atomic E-state index is 12.2. The van der Waals surface area contributed by atoms with E-state index in [-0.39, 0.29) is 36.9 Å². The van der Waals surface area contributed by atoms with Gasteiger partial charge in [-0.3, -0.25) is 14.5 Å². The molecule has 1 saturated heterocycles. The molecule has 0 spiro atoms. The van der Waals surface area contributed by atoms with Gasteiger partial charge in [-0.1, -0.05) is 37.6 Å². The summed E-state index contributed by atoms with van der Waals surface area (Å²) in [4.78, 5) is 26.4. The molecule has 1 aliphatic rings. The Labute approximate surface area is 163 Å². The minimum absolute atomic E-state index is 0. The van der Waals surface area contributed by atoms with Crippen molar-refractivity contribution in [2.75, 3.05) is 39.3 Å². The molecule has 5 nitrogen and oxygen atoms in total. The van der Waals surface area contributed by atoms with E-state index in [1.807, 2.05) is 24.3 Å². The molecular formula is C20H32ClN3O2. The van der Waals surface area contributed by atoms with Crippen LogP contribution in [0.5, 0.6) is 0 Å². The van der Waals surface area contributed by atoms with E-state index in [1.165, 1.54) is 18.4 Å². The molecule has 1 aromatic rings. The summed E-state index contributed by atoms with van der Waals surface area (Å²) in [6.07, 6.45) is 3.93. The van der Waals surface area contributed by atoms with E-state index in [0.717, 1.165) is 39.1 Å². The van der Waals surface area contributed by atoms with Crippen LogP contribution in [0.15, 0.2) is 24.3 Å². The average Bonchev–Trinajstić information content (AvgIpc) is 2.65. The summed E-state index contributed by atoms with van der Waals surface area (Å²) in [6, 6.07) is 7.82. The number of rotatable bonds is 10. The number of piperazine rings is 1. The number of benzene rings is 1. The van der Waals surface area contributed by atoms with Crippen molar-refractivity contribution >= 4 is 24.1 Å². The predicted octanol–water partition coefficient (Wildman–Crippen LogP) is 2.44. The van der Waals surface area contributed by atoms with Crippen molar-refractivity contribution in [1.29, 1.82) is 0 Å².